The quantitative estimate of drug-likeness (QED) is 0.666. The summed E-state index contributed by atoms with van der Waals surface area (Å²) >= 11 is 5.93. The lowest BCUT2D eigenvalue weighted by Gasteiger charge is -2.23. The van der Waals surface area contributed by atoms with E-state index in [0.29, 0.717) is 16.5 Å². The number of benzene rings is 2. The first-order valence-electron chi connectivity index (χ1n) is 8.48. The highest BCUT2D eigenvalue weighted by Gasteiger charge is 2.22. The molecular weight excluding hydrogens is 404 g/mol. The highest BCUT2D eigenvalue weighted by atomic mass is 35.5. The number of nitrogens with one attached hydrogen (secondary N) is 1. The number of amides is 1. The van der Waals surface area contributed by atoms with Crippen LogP contribution in [0.3, 0.4) is 0 Å². The first-order valence-corrected chi connectivity index (χ1v) is 10.7. The molecule has 7 nitrogen and oxygen atoms in total. The van der Waals surface area contributed by atoms with Crippen LogP contribution in [0.15, 0.2) is 48.5 Å². The standard InChI is InChI=1S/C19H23ClN2O5S/c1-14(13-27-18-9-7-17(26-2)8-10-18)21-19(23)12-22(28(3,24)25)16-6-4-5-15(20)11-16/h4-11,14H,12-13H2,1-3H3,(H,21,23). The highest BCUT2D eigenvalue weighted by molar-refractivity contribution is 7.92. The summed E-state index contributed by atoms with van der Waals surface area (Å²) in [5.41, 5.74) is 0.326. The molecule has 1 unspecified atom stereocenters. The zero-order valence-corrected chi connectivity index (χ0v) is 17.5. The molecule has 1 amide bonds. The fraction of sp³-hybridized carbons (Fsp3) is 0.316. The van der Waals surface area contributed by atoms with Gasteiger partial charge in [-0.15, -0.1) is 0 Å². The summed E-state index contributed by atoms with van der Waals surface area (Å²) in [5, 5.41) is 3.11. The molecular formula is C19H23ClN2O5S. The second-order valence-corrected chi connectivity index (χ2v) is 8.55. The van der Waals surface area contributed by atoms with Gasteiger partial charge in [0, 0.05) is 5.02 Å². The third kappa shape index (κ3) is 6.61. The topological polar surface area (TPSA) is 84.9 Å². The van der Waals surface area contributed by atoms with Crippen molar-refractivity contribution in [3.63, 3.8) is 0 Å². The Morgan fingerprint density at radius 2 is 1.82 bits per heavy atom. The Labute approximate surface area is 170 Å². The minimum Gasteiger partial charge on any atom is -0.497 e. The summed E-state index contributed by atoms with van der Waals surface area (Å²) < 4.78 is 35.9. The monoisotopic (exact) mass is 426 g/mol. The number of hydrogen-bond acceptors (Lipinski definition) is 5. The van der Waals surface area contributed by atoms with E-state index in [4.69, 9.17) is 21.1 Å². The van der Waals surface area contributed by atoms with Gasteiger partial charge in [-0.3, -0.25) is 9.10 Å². The number of rotatable bonds is 9. The minimum absolute atomic E-state index is 0.230. The van der Waals surface area contributed by atoms with Crippen LogP contribution in [0.5, 0.6) is 11.5 Å². The molecule has 0 aromatic heterocycles. The lowest BCUT2D eigenvalue weighted by atomic mass is 10.3. The van der Waals surface area contributed by atoms with Gasteiger partial charge in [0.15, 0.2) is 0 Å². The van der Waals surface area contributed by atoms with E-state index in [1.54, 1.807) is 56.5 Å². The Balaban J connectivity index is 1.94. The SMILES string of the molecule is COc1ccc(OCC(C)NC(=O)CN(c2cccc(Cl)c2)S(C)(=O)=O)cc1. The van der Waals surface area contributed by atoms with Crippen LogP contribution in [0.1, 0.15) is 6.92 Å². The van der Waals surface area contributed by atoms with E-state index >= 15 is 0 Å². The van der Waals surface area contributed by atoms with Crippen LogP contribution in [0.25, 0.3) is 0 Å². The van der Waals surface area contributed by atoms with E-state index < -0.39 is 15.9 Å². The van der Waals surface area contributed by atoms with Gasteiger partial charge < -0.3 is 14.8 Å². The molecule has 2 aromatic carbocycles. The third-order valence-corrected chi connectivity index (χ3v) is 5.13. The van der Waals surface area contributed by atoms with Crippen LogP contribution < -0.4 is 19.1 Å². The lowest BCUT2D eigenvalue weighted by Crippen LogP contribution is -2.44. The molecule has 1 N–H and O–H groups in total. The summed E-state index contributed by atoms with van der Waals surface area (Å²) in [6, 6.07) is 13.1. The molecule has 0 heterocycles. The Morgan fingerprint density at radius 3 is 2.39 bits per heavy atom. The predicted octanol–water partition coefficient (Wildman–Crippen LogP) is 2.70. The summed E-state index contributed by atoms with van der Waals surface area (Å²) in [6.07, 6.45) is 1.04. The molecule has 152 valence electrons. The maximum atomic E-state index is 12.3. The average molecular weight is 427 g/mol. The summed E-state index contributed by atoms with van der Waals surface area (Å²) in [7, 11) is -2.08. The molecule has 0 aliphatic heterocycles. The van der Waals surface area contributed by atoms with Gasteiger partial charge in [-0.2, -0.15) is 0 Å². The van der Waals surface area contributed by atoms with Gasteiger partial charge in [0.05, 0.1) is 25.1 Å². The van der Waals surface area contributed by atoms with Gasteiger partial charge in [0.25, 0.3) is 0 Å². The van der Waals surface area contributed by atoms with Crippen molar-refractivity contribution in [3.05, 3.63) is 53.6 Å². The Morgan fingerprint density at radius 1 is 1.18 bits per heavy atom. The van der Waals surface area contributed by atoms with Crippen molar-refractivity contribution >= 4 is 33.2 Å². The van der Waals surface area contributed by atoms with E-state index in [2.05, 4.69) is 5.32 Å². The van der Waals surface area contributed by atoms with E-state index in [9.17, 15) is 13.2 Å². The average Bonchev–Trinajstić information content (AvgIpc) is 2.64. The molecule has 0 saturated heterocycles. The number of nitrogens with zero attached hydrogens (tertiary/aromatic N) is 1. The molecule has 2 aromatic rings. The van der Waals surface area contributed by atoms with E-state index in [-0.39, 0.29) is 19.2 Å². The van der Waals surface area contributed by atoms with Crippen molar-refractivity contribution in [1.82, 2.24) is 5.32 Å². The molecule has 0 saturated carbocycles. The number of methoxy groups -OCH3 is 1. The van der Waals surface area contributed by atoms with Crippen molar-refractivity contribution in [2.75, 3.05) is 30.8 Å². The van der Waals surface area contributed by atoms with Crippen LogP contribution >= 0.6 is 11.6 Å². The second kappa shape index (κ2) is 9.66. The van der Waals surface area contributed by atoms with Gasteiger partial charge in [-0.25, -0.2) is 8.42 Å². The van der Waals surface area contributed by atoms with Gasteiger partial charge in [0.2, 0.25) is 15.9 Å². The largest absolute Gasteiger partial charge is 0.497 e. The molecule has 0 aliphatic carbocycles. The molecule has 0 bridgehead atoms. The number of halogens is 1. The Bertz CT molecular complexity index is 903. The van der Waals surface area contributed by atoms with E-state index in [1.165, 1.54) is 6.07 Å². The third-order valence-electron chi connectivity index (χ3n) is 3.75. The van der Waals surface area contributed by atoms with Crippen LogP contribution in [0.2, 0.25) is 5.02 Å². The maximum absolute atomic E-state index is 12.3. The number of ether oxygens (including phenoxy) is 2. The fourth-order valence-corrected chi connectivity index (χ4v) is 3.45. The Kier molecular flexibility index (Phi) is 7.53. The lowest BCUT2D eigenvalue weighted by molar-refractivity contribution is -0.120. The predicted molar refractivity (Wildman–Crippen MR) is 110 cm³/mol. The molecule has 28 heavy (non-hydrogen) atoms. The zero-order chi connectivity index (χ0) is 20.7. The highest BCUT2D eigenvalue weighted by Crippen LogP contribution is 2.21. The van der Waals surface area contributed by atoms with Crippen molar-refractivity contribution < 1.29 is 22.7 Å². The van der Waals surface area contributed by atoms with Gasteiger partial charge >= 0.3 is 0 Å². The maximum Gasteiger partial charge on any atom is 0.241 e. The normalized spacial score (nSPS) is 12.1. The van der Waals surface area contributed by atoms with Gasteiger partial charge in [0.1, 0.15) is 24.7 Å². The number of carbonyl (C=O) groups excluding carboxylic acids is 1. The van der Waals surface area contributed by atoms with Crippen molar-refractivity contribution in [2.24, 2.45) is 0 Å². The zero-order valence-electron chi connectivity index (χ0n) is 15.9. The summed E-state index contributed by atoms with van der Waals surface area (Å²) in [6.45, 7) is 1.64. The molecule has 0 spiro atoms. The number of carbonyl (C=O) groups is 1. The molecule has 2 rings (SSSR count). The van der Waals surface area contributed by atoms with Crippen LogP contribution in [-0.4, -0.2) is 46.9 Å². The van der Waals surface area contributed by atoms with Crippen LogP contribution in [-0.2, 0) is 14.8 Å². The number of sulfonamides is 1. The van der Waals surface area contributed by atoms with Crippen molar-refractivity contribution in [2.45, 2.75) is 13.0 Å². The molecule has 9 heteroatoms. The number of hydrogen-bond donors (Lipinski definition) is 1. The fourth-order valence-electron chi connectivity index (χ4n) is 2.42. The van der Waals surface area contributed by atoms with E-state index in [1.807, 2.05) is 0 Å². The smallest absolute Gasteiger partial charge is 0.241 e. The molecule has 1 atom stereocenters. The minimum atomic E-state index is -3.66. The summed E-state index contributed by atoms with van der Waals surface area (Å²) in [5.74, 6) is 0.908. The molecule has 0 aliphatic rings. The van der Waals surface area contributed by atoms with Crippen LogP contribution in [0.4, 0.5) is 5.69 Å². The van der Waals surface area contributed by atoms with E-state index in [0.717, 1.165) is 16.3 Å². The summed E-state index contributed by atoms with van der Waals surface area (Å²) in [4.78, 5) is 12.3. The first kappa shape index (κ1) is 21.8. The van der Waals surface area contributed by atoms with Gasteiger partial charge in [-0.1, -0.05) is 17.7 Å². The van der Waals surface area contributed by atoms with Crippen molar-refractivity contribution in [1.29, 1.82) is 0 Å². The Hall–Kier alpha value is -2.45. The van der Waals surface area contributed by atoms with Crippen molar-refractivity contribution in [3.8, 4) is 11.5 Å². The van der Waals surface area contributed by atoms with Crippen LogP contribution in [0, 0.1) is 0 Å². The second-order valence-electron chi connectivity index (χ2n) is 6.20. The molecule has 0 radical (unpaired) electrons. The van der Waals surface area contributed by atoms with Gasteiger partial charge in [-0.05, 0) is 49.4 Å². The first-order chi connectivity index (χ1) is 13.2. The molecule has 0 fully saturated rings. The number of anilines is 1.